The maximum Gasteiger partial charge on any atom is 0.355 e. The van der Waals surface area contributed by atoms with Crippen molar-refractivity contribution in [2.24, 2.45) is 0 Å². The molecule has 0 saturated heterocycles. The lowest BCUT2D eigenvalue weighted by Gasteiger charge is -2.13. The van der Waals surface area contributed by atoms with Crippen molar-refractivity contribution in [3.8, 4) is 0 Å². The summed E-state index contributed by atoms with van der Waals surface area (Å²) in [5.74, 6) is -0.737. The van der Waals surface area contributed by atoms with Gasteiger partial charge in [-0.2, -0.15) is 0 Å². The Bertz CT molecular complexity index is 1090. The van der Waals surface area contributed by atoms with Crippen LogP contribution in [0.15, 0.2) is 48.8 Å². The van der Waals surface area contributed by atoms with Gasteiger partial charge in [0.25, 0.3) is 5.91 Å². The Kier molecular flexibility index (Phi) is 5.89. The summed E-state index contributed by atoms with van der Waals surface area (Å²) >= 11 is 5.99. The highest BCUT2D eigenvalue weighted by Crippen LogP contribution is 2.32. The van der Waals surface area contributed by atoms with Gasteiger partial charge in [-0.25, -0.2) is 9.97 Å². The molecule has 1 amide bonds. The molecule has 0 unspecified atom stereocenters. The smallest absolute Gasteiger partial charge is 0.334 e. The molecule has 1 heterocycles. The number of aryl methyl sites for hydroxylation is 1. The maximum absolute atomic E-state index is 12.3. The number of nitro groups is 1. The fourth-order valence-electron chi connectivity index (χ4n) is 2.58. The van der Waals surface area contributed by atoms with Crippen molar-refractivity contribution in [1.82, 2.24) is 15.4 Å². The van der Waals surface area contributed by atoms with E-state index >= 15 is 0 Å². The molecular weight excluding hydrogens is 396 g/mol. The van der Waals surface area contributed by atoms with Crippen LogP contribution in [-0.4, -0.2) is 20.8 Å². The summed E-state index contributed by atoms with van der Waals surface area (Å²) in [5, 5.41) is 14.9. The summed E-state index contributed by atoms with van der Waals surface area (Å²) in [6.45, 7) is 3.83. The molecule has 1 aromatic heterocycles. The molecule has 9 nitrogen and oxygen atoms in total. The second-order valence-corrected chi connectivity index (χ2v) is 6.52. The lowest BCUT2D eigenvalue weighted by molar-refractivity contribution is -0.383. The molecule has 0 fully saturated rings. The number of halogens is 1. The van der Waals surface area contributed by atoms with Gasteiger partial charge < -0.3 is 5.32 Å². The number of rotatable bonds is 6. The fraction of sp³-hybridized carbons (Fsp3) is 0.105. The third-order valence-electron chi connectivity index (χ3n) is 4.28. The zero-order valence-electron chi connectivity index (χ0n) is 15.6. The minimum absolute atomic E-state index is 0.00630. The van der Waals surface area contributed by atoms with Gasteiger partial charge in [-0.3, -0.25) is 25.8 Å². The fourth-order valence-corrected chi connectivity index (χ4v) is 2.80. The molecule has 0 aliphatic rings. The number of hydrogen-bond acceptors (Lipinski definition) is 7. The summed E-state index contributed by atoms with van der Waals surface area (Å²) in [5.41, 5.74) is 7.29. The normalized spacial score (nSPS) is 10.3. The minimum Gasteiger partial charge on any atom is -0.334 e. The van der Waals surface area contributed by atoms with E-state index in [0.29, 0.717) is 5.69 Å². The molecule has 2 aromatic carbocycles. The second kappa shape index (κ2) is 8.53. The van der Waals surface area contributed by atoms with Crippen LogP contribution in [0, 0.1) is 24.0 Å². The van der Waals surface area contributed by atoms with Crippen molar-refractivity contribution in [2.75, 3.05) is 10.7 Å². The highest BCUT2D eigenvalue weighted by Gasteiger charge is 2.24. The van der Waals surface area contributed by atoms with Gasteiger partial charge >= 0.3 is 5.69 Å². The molecule has 0 saturated carbocycles. The number of carbonyl (C=O) groups is 1. The molecular formula is C19H17ClN6O3. The number of amides is 1. The van der Waals surface area contributed by atoms with Gasteiger partial charge in [0.2, 0.25) is 11.6 Å². The standard InChI is InChI=1S/C19H17ClN6O3/c1-11-6-5-9-15(12(11)2)23-17-16(26(28)29)18(22-10-21-17)24-25-19(27)13-7-3-4-8-14(13)20/h3-10H,1-2H3,(H,25,27)(H2,21,22,23,24). The maximum atomic E-state index is 12.3. The number of nitrogens with zero attached hydrogens (tertiary/aromatic N) is 3. The number of aromatic nitrogens is 2. The monoisotopic (exact) mass is 412 g/mol. The first kappa shape index (κ1) is 20.0. The first-order valence-electron chi connectivity index (χ1n) is 8.52. The van der Waals surface area contributed by atoms with E-state index in [1.54, 1.807) is 24.3 Å². The van der Waals surface area contributed by atoms with Crippen molar-refractivity contribution in [3.05, 3.63) is 80.6 Å². The van der Waals surface area contributed by atoms with Gasteiger partial charge in [0.15, 0.2) is 0 Å². The van der Waals surface area contributed by atoms with E-state index in [1.807, 2.05) is 26.0 Å². The number of hydrogen-bond donors (Lipinski definition) is 3. The van der Waals surface area contributed by atoms with Crippen LogP contribution in [0.3, 0.4) is 0 Å². The Hall–Kier alpha value is -3.72. The molecule has 29 heavy (non-hydrogen) atoms. The predicted octanol–water partition coefficient (Wildman–Crippen LogP) is 4.16. The lowest BCUT2D eigenvalue weighted by atomic mass is 10.1. The average Bonchev–Trinajstić information content (AvgIpc) is 2.70. The molecule has 0 aliphatic carbocycles. The van der Waals surface area contributed by atoms with E-state index in [2.05, 4.69) is 26.1 Å². The number of nitrogens with one attached hydrogen (secondary N) is 3. The third-order valence-corrected chi connectivity index (χ3v) is 4.61. The van der Waals surface area contributed by atoms with Crippen LogP contribution < -0.4 is 16.2 Å². The molecule has 3 aromatic rings. The molecule has 0 radical (unpaired) electrons. The molecule has 3 rings (SSSR count). The van der Waals surface area contributed by atoms with Gasteiger partial charge in [0.1, 0.15) is 6.33 Å². The zero-order chi connectivity index (χ0) is 21.0. The SMILES string of the molecule is Cc1cccc(Nc2ncnc(NNC(=O)c3ccccc3Cl)c2[N+](=O)[O-])c1C. The Morgan fingerprint density at radius 3 is 2.52 bits per heavy atom. The van der Waals surface area contributed by atoms with Crippen LogP contribution in [0.5, 0.6) is 0 Å². The van der Waals surface area contributed by atoms with E-state index < -0.39 is 16.5 Å². The highest BCUT2D eigenvalue weighted by molar-refractivity contribution is 6.33. The number of benzene rings is 2. The zero-order valence-corrected chi connectivity index (χ0v) is 16.3. The van der Waals surface area contributed by atoms with Gasteiger partial charge in [-0.15, -0.1) is 0 Å². The summed E-state index contributed by atoms with van der Waals surface area (Å²) in [6, 6.07) is 12.0. The van der Waals surface area contributed by atoms with Crippen molar-refractivity contribution in [1.29, 1.82) is 0 Å². The van der Waals surface area contributed by atoms with Crippen molar-refractivity contribution < 1.29 is 9.72 Å². The molecule has 3 N–H and O–H groups in total. The largest absolute Gasteiger partial charge is 0.355 e. The number of carbonyl (C=O) groups excluding carboxylic acids is 1. The molecule has 0 spiro atoms. The van der Waals surface area contributed by atoms with Crippen LogP contribution in [0.1, 0.15) is 21.5 Å². The summed E-state index contributed by atoms with van der Waals surface area (Å²) < 4.78 is 0. The molecule has 148 valence electrons. The average molecular weight is 413 g/mol. The molecule has 0 aliphatic heterocycles. The van der Waals surface area contributed by atoms with E-state index in [-0.39, 0.29) is 22.2 Å². The van der Waals surface area contributed by atoms with Crippen LogP contribution >= 0.6 is 11.6 Å². The van der Waals surface area contributed by atoms with E-state index in [1.165, 1.54) is 6.07 Å². The number of anilines is 3. The van der Waals surface area contributed by atoms with Crippen molar-refractivity contribution in [2.45, 2.75) is 13.8 Å². The Morgan fingerprint density at radius 2 is 1.79 bits per heavy atom. The molecule has 0 bridgehead atoms. The van der Waals surface area contributed by atoms with Crippen LogP contribution in [-0.2, 0) is 0 Å². The minimum atomic E-state index is -0.628. The first-order valence-corrected chi connectivity index (χ1v) is 8.89. The van der Waals surface area contributed by atoms with E-state index in [9.17, 15) is 14.9 Å². The quantitative estimate of drug-likeness (QED) is 0.410. The van der Waals surface area contributed by atoms with Crippen LogP contribution in [0.4, 0.5) is 23.0 Å². The van der Waals surface area contributed by atoms with Crippen molar-refractivity contribution in [3.63, 3.8) is 0 Å². The van der Waals surface area contributed by atoms with Crippen LogP contribution in [0.2, 0.25) is 5.02 Å². The van der Waals surface area contributed by atoms with E-state index in [4.69, 9.17) is 11.6 Å². The van der Waals surface area contributed by atoms with Crippen molar-refractivity contribution >= 4 is 40.5 Å². The molecule has 0 atom stereocenters. The Labute approximate surface area is 171 Å². The summed E-state index contributed by atoms with van der Waals surface area (Å²) in [6.07, 6.45) is 1.16. The number of hydrazine groups is 1. The lowest BCUT2D eigenvalue weighted by Crippen LogP contribution is -2.30. The van der Waals surface area contributed by atoms with Gasteiger partial charge in [0.05, 0.1) is 15.5 Å². The third kappa shape index (κ3) is 4.41. The Morgan fingerprint density at radius 1 is 1.07 bits per heavy atom. The highest BCUT2D eigenvalue weighted by atomic mass is 35.5. The van der Waals surface area contributed by atoms with Crippen LogP contribution in [0.25, 0.3) is 0 Å². The summed E-state index contributed by atoms with van der Waals surface area (Å²) in [7, 11) is 0. The first-order chi connectivity index (χ1) is 13.9. The Balaban J connectivity index is 1.87. The molecule has 10 heteroatoms. The van der Waals surface area contributed by atoms with E-state index in [0.717, 1.165) is 17.5 Å². The predicted molar refractivity (Wildman–Crippen MR) is 110 cm³/mol. The van der Waals surface area contributed by atoms with Gasteiger partial charge in [0, 0.05) is 5.69 Å². The van der Waals surface area contributed by atoms with Gasteiger partial charge in [-0.05, 0) is 43.2 Å². The second-order valence-electron chi connectivity index (χ2n) is 6.11. The topological polar surface area (TPSA) is 122 Å². The summed E-state index contributed by atoms with van der Waals surface area (Å²) in [4.78, 5) is 31.2. The van der Waals surface area contributed by atoms with Gasteiger partial charge in [-0.1, -0.05) is 35.9 Å².